The molecule has 1 atom stereocenters. The zero-order chi connectivity index (χ0) is 22.7. The monoisotopic (exact) mass is 449 g/mol. The van der Waals surface area contributed by atoms with Gasteiger partial charge in [0.2, 0.25) is 10.0 Å². The van der Waals surface area contributed by atoms with E-state index in [4.69, 9.17) is 4.74 Å². The molecule has 0 unspecified atom stereocenters. The lowest BCUT2D eigenvalue weighted by Crippen LogP contribution is -2.27. The number of ether oxygens (including phenoxy) is 1. The maximum Gasteiger partial charge on any atom is 0.274 e. The summed E-state index contributed by atoms with van der Waals surface area (Å²) in [6.45, 7) is 0. The summed E-state index contributed by atoms with van der Waals surface area (Å²) >= 11 is 0. The molecule has 0 bridgehead atoms. The van der Waals surface area contributed by atoms with Crippen LogP contribution in [0.5, 0.6) is 5.75 Å². The van der Waals surface area contributed by atoms with Crippen molar-refractivity contribution in [1.29, 1.82) is 0 Å². The Morgan fingerprint density at radius 2 is 1.75 bits per heavy atom. The number of sulfonamides is 1. The molecular weight excluding hydrogens is 426 g/mol. The first kappa shape index (κ1) is 21.6. The summed E-state index contributed by atoms with van der Waals surface area (Å²) in [5, 5.41) is 6.13. The number of nitrogens with zero attached hydrogens (tertiary/aromatic N) is 2. The highest BCUT2D eigenvalue weighted by atomic mass is 32.2. The highest BCUT2D eigenvalue weighted by molar-refractivity contribution is 7.92. The Bertz CT molecular complexity index is 1270. The van der Waals surface area contributed by atoms with Crippen molar-refractivity contribution in [1.82, 2.24) is 5.01 Å². The minimum absolute atomic E-state index is 0.234. The quantitative estimate of drug-likeness (QED) is 0.615. The smallest absolute Gasteiger partial charge is 0.274 e. The molecule has 0 spiro atoms. The molecule has 3 aromatic rings. The molecule has 1 N–H and O–H groups in total. The SMILES string of the molecule is COc1cccc([C@@H]2CC(c3ccccc3NS(C)(=O)=O)=NN2C(=O)c2ccccc2)c1. The Morgan fingerprint density at radius 3 is 2.47 bits per heavy atom. The summed E-state index contributed by atoms with van der Waals surface area (Å²) in [6, 6.07) is 23.2. The van der Waals surface area contributed by atoms with E-state index < -0.39 is 10.0 Å². The van der Waals surface area contributed by atoms with Crippen LogP contribution in [0.25, 0.3) is 0 Å². The number of para-hydroxylation sites is 1. The third kappa shape index (κ3) is 4.65. The van der Waals surface area contributed by atoms with Crippen LogP contribution in [-0.2, 0) is 10.0 Å². The number of anilines is 1. The molecule has 8 heteroatoms. The molecule has 1 aliphatic rings. The molecule has 0 saturated carbocycles. The van der Waals surface area contributed by atoms with E-state index in [2.05, 4.69) is 9.82 Å². The van der Waals surface area contributed by atoms with E-state index in [-0.39, 0.29) is 11.9 Å². The van der Waals surface area contributed by atoms with Gasteiger partial charge in [-0.1, -0.05) is 48.5 Å². The van der Waals surface area contributed by atoms with Crippen molar-refractivity contribution in [3.8, 4) is 5.75 Å². The molecule has 0 fully saturated rings. The number of hydrogen-bond acceptors (Lipinski definition) is 5. The maximum absolute atomic E-state index is 13.4. The summed E-state index contributed by atoms with van der Waals surface area (Å²) in [5.74, 6) is 0.448. The molecule has 0 radical (unpaired) electrons. The zero-order valence-corrected chi connectivity index (χ0v) is 18.5. The normalized spacial score (nSPS) is 15.9. The van der Waals surface area contributed by atoms with Crippen molar-refractivity contribution in [3.63, 3.8) is 0 Å². The highest BCUT2D eigenvalue weighted by Crippen LogP contribution is 2.36. The second-order valence-electron chi connectivity index (χ2n) is 7.48. The van der Waals surface area contributed by atoms with Gasteiger partial charge in [-0.25, -0.2) is 13.4 Å². The first-order chi connectivity index (χ1) is 15.4. The molecular formula is C24H23N3O4S. The summed E-state index contributed by atoms with van der Waals surface area (Å²) < 4.78 is 31.6. The Hall–Kier alpha value is -3.65. The van der Waals surface area contributed by atoms with Crippen molar-refractivity contribution < 1.29 is 17.9 Å². The standard InChI is InChI=1S/C24H23N3O4S/c1-31-19-12-8-11-18(15-19)23-16-22(20-13-6-7-14-21(20)26-32(2,29)30)25-27(23)24(28)17-9-4-3-5-10-17/h3-15,23,26H,16H2,1-2H3/t23-/m0/s1. The van der Waals surface area contributed by atoms with Gasteiger partial charge in [0.25, 0.3) is 5.91 Å². The fraction of sp³-hybridized carbons (Fsp3) is 0.167. The van der Waals surface area contributed by atoms with Crippen LogP contribution >= 0.6 is 0 Å². The maximum atomic E-state index is 13.4. The lowest BCUT2D eigenvalue weighted by Gasteiger charge is -2.22. The number of carbonyl (C=O) groups is 1. The van der Waals surface area contributed by atoms with Crippen LogP contribution in [-0.4, -0.2) is 38.4 Å². The molecule has 0 saturated heterocycles. The van der Waals surface area contributed by atoms with Crippen molar-refractivity contribution in [2.45, 2.75) is 12.5 Å². The van der Waals surface area contributed by atoms with Gasteiger partial charge in [-0.3, -0.25) is 9.52 Å². The van der Waals surface area contributed by atoms with Gasteiger partial charge in [0.15, 0.2) is 0 Å². The molecule has 1 aliphatic heterocycles. The van der Waals surface area contributed by atoms with Gasteiger partial charge in [-0.15, -0.1) is 0 Å². The Labute approximate surface area is 187 Å². The minimum Gasteiger partial charge on any atom is -0.497 e. The lowest BCUT2D eigenvalue weighted by atomic mass is 9.97. The third-order valence-electron chi connectivity index (χ3n) is 5.15. The average Bonchev–Trinajstić information content (AvgIpc) is 3.24. The van der Waals surface area contributed by atoms with Crippen LogP contribution in [0.4, 0.5) is 5.69 Å². The second-order valence-corrected chi connectivity index (χ2v) is 9.23. The van der Waals surface area contributed by atoms with Gasteiger partial charge in [0.1, 0.15) is 5.75 Å². The molecule has 1 heterocycles. The largest absolute Gasteiger partial charge is 0.497 e. The second kappa shape index (κ2) is 8.84. The van der Waals surface area contributed by atoms with Crippen LogP contribution in [0.3, 0.4) is 0 Å². The predicted molar refractivity (Wildman–Crippen MR) is 124 cm³/mol. The number of hydrogen-bond donors (Lipinski definition) is 1. The van der Waals surface area contributed by atoms with Crippen molar-refractivity contribution in [2.75, 3.05) is 18.1 Å². The summed E-state index contributed by atoms with van der Waals surface area (Å²) in [6.07, 6.45) is 1.53. The van der Waals surface area contributed by atoms with Crippen LogP contribution < -0.4 is 9.46 Å². The van der Waals surface area contributed by atoms with E-state index in [1.807, 2.05) is 36.4 Å². The number of amides is 1. The molecule has 164 valence electrons. The number of rotatable bonds is 6. The van der Waals surface area contributed by atoms with Crippen molar-refractivity contribution in [3.05, 3.63) is 95.6 Å². The zero-order valence-electron chi connectivity index (χ0n) is 17.7. The first-order valence-electron chi connectivity index (χ1n) is 10.0. The Morgan fingerprint density at radius 1 is 1.03 bits per heavy atom. The molecule has 7 nitrogen and oxygen atoms in total. The van der Waals surface area contributed by atoms with Crippen molar-refractivity contribution >= 4 is 27.3 Å². The van der Waals surface area contributed by atoms with Gasteiger partial charge in [0.05, 0.1) is 30.8 Å². The predicted octanol–water partition coefficient (Wildman–Crippen LogP) is 4.06. The summed E-state index contributed by atoms with van der Waals surface area (Å²) in [5.41, 5.74) is 3.07. The molecule has 4 rings (SSSR count). The van der Waals surface area contributed by atoms with E-state index in [0.717, 1.165) is 11.8 Å². The van der Waals surface area contributed by atoms with Crippen molar-refractivity contribution in [2.24, 2.45) is 5.10 Å². The first-order valence-corrected chi connectivity index (χ1v) is 11.9. The highest BCUT2D eigenvalue weighted by Gasteiger charge is 2.34. The van der Waals surface area contributed by atoms with Crippen LogP contribution in [0.15, 0.2) is 84.0 Å². The van der Waals surface area contributed by atoms with Gasteiger partial charge >= 0.3 is 0 Å². The van der Waals surface area contributed by atoms with E-state index >= 15 is 0 Å². The van der Waals surface area contributed by atoms with Crippen LogP contribution in [0, 0.1) is 0 Å². The number of carbonyl (C=O) groups excluding carboxylic acids is 1. The Kier molecular flexibility index (Phi) is 5.96. The number of hydrazone groups is 1. The van der Waals surface area contributed by atoms with Gasteiger partial charge in [-0.05, 0) is 35.9 Å². The van der Waals surface area contributed by atoms with E-state index in [1.165, 1.54) is 5.01 Å². The minimum atomic E-state index is -3.48. The third-order valence-corrected chi connectivity index (χ3v) is 5.74. The molecule has 3 aromatic carbocycles. The number of benzene rings is 3. The average molecular weight is 450 g/mol. The molecule has 0 aromatic heterocycles. The molecule has 1 amide bonds. The van der Waals surface area contributed by atoms with Crippen LogP contribution in [0.1, 0.15) is 33.9 Å². The molecule has 0 aliphatic carbocycles. The molecule has 32 heavy (non-hydrogen) atoms. The van der Waals surface area contributed by atoms with Gasteiger partial charge in [0, 0.05) is 17.5 Å². The fourth-order valence-corrected chi connectivity index (χ4v) is 4.28. The topological polar surface area (TPSA) is 88.1 Å². The van der Waals surface area contributed by atoms with Gasteiger partial charge < -0.3 is 4.74 Å². The Balaban J connectivity index is 1.78. The fourth-order valence-electron chi connectivity index (χ4n) is 3.71. The van der Waals surface area contributed by atoms with E-state index in [0.29, 0.717) is 34.7 Å². The van der Waals surface area contributed by atoms with Crippen LogP contribution in [0.2, 0.25) is 0 Å². The summed E-state index contributed by atoms with van der Waals surface area (Å²) in [7, 11) is -1.89. The lowest BCUT2D eigenvalue weighted by molar-refractivity contribution is 0.0711. The summed E-state index contributed by atoms with van der Waals surface area (Å²) in [4.78, 5) is 13.4. The van der Waals surface area contributed by atoms with E-state index in [9.17, 15) is 13.2 Å². The van der Waals surface area contributed by atoms with Gasteiger partial charge in [-0.2, -0.15) is 5.10 Å². The van der Waals surface area contributed by atoms with E-state index in [1.54, 1.807) is 49.6 Å². The number of methoxy groups -OCH3 is 1. The number of nitrogens with one attached hydrogen (secondary N) is 1.